The molecule has 2 fully saturated rings. The van der Waals surface area contributed by atoms with E-state index in [0.29, 0.717) is 6.04 Å². The molecule has 2 heteroatoms. The van der Waals surface area contributed by atoms with Crippen LogP contribution in [0.3, 0.4) is 0 Å². The molecule has 1 aromatic rings. The lowest BCUT2D eigenvalue weighted by atomic mass is 10.0. The zero-order valence-corrected chi connectivity index (χ0v) is 9.17. The van der Waals surface area contributed by atoms with Gasteiger partial charge in [0.25, 0.3) is 0 Å². The summed E-state index contributed by atoms with van der Waals surface area (Å²) in [5.41, 5.74) is 6.31. The Hall–Kier alpha value is -0.340. The van der Waals surface area contributed by atoms with Crippen LogP contribution in [0.5, 0.6) is 0 Å². The highest BCUT2D eigenvalue weighted by Gasteiger charge is 2.53. The molecule has 3 unspecified atom stereocenters. The zero-order valence-electron chi connectivity index (χ0n) is 8.36. The lowest BCUT2D eigenvalue weighted by Crippen LogP contribution is -2.12. The third-order valence-corrected chi connectivity index (χ3v) is 4.98. The van der Waals surface area contributed by atoms with Crippen molar-refractivity contribution in [1.82, 2.24) is 0 Å². The molecule has 2 aliphatic carbocycles. The summed E-state index contributed by atoms with van der Waals surface area (Å²) in [5, 5.41) is 2.14. The maximum absolute atomic E-state index is 6.31. The molecule has 2 saturated carbocycles. The highest BCUT2D eigenvalue weighted by Crippen LogP contribution is 2.59. The number of fused-ring (bicyclic) bond motifs is 1. The van der Waals surface area contributed by atoms with Crippen molar-refractivity contribution in [3.63, 3.8) is 0 Å². The van der Waals surface area contributed by atoms with Crippen molar-refractivity contribution in [1.29, 1.82) is 0 Å². The van der Waals surface area contributed by atoms with E-state index in [9.17, 15) is 0 Å². The molecule has 0 spiro atoms. The molecule has 3 rings (SSSR count). The van der Waals surface area contributed by atoms with Crippen molar-refractivity contribution in [3.05, 3.63) is 22.4 Å². The fourth-order valence-corrected chi connectivity index (χ4v) is 4.04. The Balaban J connectivity index is 1.72. The van der Waals surface area contributed by atoms with Gasteiger partial charge in [0.2, 0.25) is 0 Å². The van der Waals surface area contributed by atoms with E-state index in [1.165, 1.54) is 30.6 Å². The first-order valence-electron chi connectivity index (χ1n) is 5.67. The Morgan fingerprint density at radius 1 is 1.29 bits per heavy atom. The molecule has 0 aromatic carbocycles. The van der Waals surface area contributed by atoms with Crippen LogP contribution in [0, 0.1) is 17.8 Å². The van der Waals surface area contributed by atoms with Crippen LogP contribution in [0.15, 0.2) is 17.5 Å². The van der Waals surface area contributed by atoms with E-state index in [1.807, 2.05) is 11.3 Å². The number of hydrogen-bond donors (Lipinski definition) is 1. The Morgan fingerprint density at radius 2 is 2.00 bits per heavy atom. The standard InChI is InChI=1S/C12H17NS/c13-12(10-6-3-7-14-10)11-8-4-1-2-5-9(8)11/h3,6-9,11-12H,1-2,4-5,13H2. The molecule has 2 aliphatic rings. The van der Waals surface area contributed by atoms with Gasteiger partial charge in [0.15, 0.2) is 0 Å². The van der Waals surface area contributed by atoms with Gasteiger partial charge in [0.05, 0.1) is 0 Å². The van der Waals surface area contributed by atoms with Crippen molar-refractivity contribution in [2.24, 2.45) is 23.5 Å². The minimum atomic E-state index is 0.336. The third-order valence-electron chi connectivity index (χ3n) is 4.01. The van der Waals surface area contributed by atoms with E-state index in [-0.39, 0.29) is 0 Å². The predicted octanol–water partition coefficient (Wildman–Crippen LogP) is 3.18. The average molecular weight is 207 g/mol. The molecule has 14 heavy (non-hydrogen) atoms. The lowest BCUT2D eigenvalue weighted by molar-refractivity contribution is 0.480. The van der Waals surface area contributed by atoms with Crippen molar-refractivity contribution in [3.8, 4) is 0 Å². The average Bonchev–Trinajstić information content (AvgIpc) is 2.70. The van der Waals surface area contributed by atoms with Gasteiger partial charge in [-0.1, -0.05) is 18.9 Å². The smallest absolute Gasteiger partial charge is 0.0423 e. The maximum atomic E-state index is 6.31. The van der Waals surface area contributed by atoms with Crippen molar-refractivity contribution >= 4 is 11.3 Å². The summed E-state index contributed by atoms with van der Waals surface area (Å²) >= 11 is 1.82. The van der Waals surface area contributed by atoms with Gasteiger partial charge in [0.1, 0.15) is 0 Å². The van der Waals surface area contributed by atoms with Gasteiger partial charge in [-0.2, -0.15) is 0 Å². The Bertz CT molecular complexity index is 294. The van der Waals surface area contributed by atoms with Gasteiger partial charge in [-0.05, 0) is 42.0 Å². The first-order valence-corrected chi connectivity index (χ1v) is 6.55. The number of rotatable bonds is 2. The molecule has 1 nitrogen and oxygen atoms in total. The van der Waals surface area contributed by atoms with E-state index < -0.39 is 0 Å². The second kappa shape index (κ2) is 3.35. The fourth-order valence-electron chi connectivity index (χ4n) is 3.25. The van der Waals surface area contributed by atoms with E-state index in [4.69, 9.17) is 5.73 Å². The van der Waals surface area contributed by atoms with E-state index in [2.05, 4.69) is 17.5 Å². The highest BCUT2D eigenvalue weighted by molar-refractivity contribution is 7.10. The van der Waals surface area contributed by atoms with Crippen molar-refractivity contribution < 1.29 is 0 Å². The van der Waals surface area contributed by atoms with E-state index >= 15 is 0 Å². The zero-order chi connectivity index (χ0) is 9.54. The topological polar surface area (TPSA) is 26.0 Å². The lowest BCUT2D eigenvalue weighted by Gasteiger charge is -2.08. The molecule has 0 radical (unpaired) electrons. The van der Waals surface area contributed by atoms with Gasteiger partial charge in [-0.25, -0.2) is 0 Å². The second-order valence-corrected chi connectivity index (χ2v) is 5.71. The molecule has 2 N–H and O–H groups in total. The largest absolute Gasteiger partial charge is 0.323 e. The summed E-state index contributed by atoms with van der Waals surface area (Å²) in [6.07, 6.45) is 5.76. The predicted molar refractivity (Wildman–Crippen MR) is 60.2 cm³/mol. The van der Waals surface area contributed by atoms with Crippen LogP contribution < -0.4 is 5.73 Å². The van der Waals surface area contributed by atoms with Gasteiger partial charge >= 0.3 is 0 Å². The van der Waals surface area contributed by atoms with Crippen LogP contribution in [-0.4, -0.2) is 0 Å². The van der Waals surface area contributed by atoms with Crippen LogP contribution in [0.25, 0.3) is 0 Å². The monoisotopic (exact) mass is 207 g/mol. The van der Waals surface area contributed by atoms with Crippen LogP contribution in [0.4, 0.5) is 0 Å². The van der Waals surface area contributed by atoms with Crippen molar-refractivity contribution in [2.45, 2.75) is 31.7 Å². The minimum Gasteiger partial charge on any atom is -0.323 e. The molecule has 76 valence electrons. The number of hydrogen-bond acceptors (Lipinski definition) is 2. The minimum absolute atomic E-state index is 0.336. The molecule has 1 heterocycles. The van der Waals surface area contributed by atoms with Crippen LogP contribution in [0.1, 0.15) is 36.6 Å². The van der Waals surface area contributed by atoms with Crippen molar-refractivity contribution in [2.75, 3.05) is 0 Å². The Kier molecular flexibility index (Phi) is 2.14. The van der Waals surface area contributed by atoms with Crippen LogP contribution in [0.2, 0.25) is 0 Å². The molecular formula is C12H17NS. The van der Waals surface area contributed by atoms with Gasteiger partial charge in [-0.3, -0.25) is 0 Å². The Morgan fingerprint density at radius 3 is 2.57 bits per heavy atom. The van der Waals surface area contributed by atoms with Gasteiger partial charge in [0, 0.05) is 10.9 Å². The molecular weight excluding hydrogens is 190 g/mol. The van der Waals surface area contributed by atoms with E-state index in [1.54, 1.807) is 0 Å². The first-order chi connectivity index (χ1) is 6.88. The molecule has 0 saturated heterocycles. The molecule has 1 aromatic heterocycles. The summed E-state index contributed by atoms with van der Waals surface area (Å²) in [5.74, 6) is 2.76. The first kappa shape index (κ1) is 8.93. The second-order valence-electron chi connectivity index (χ2n) is 4.73. The number of nitrogens with two attached hydrogens (primary N) is 1. The van der Waals surface area contributed by atoms with Gasteiger partial charge < -0.3 is 5.73 Å². The summed E-state index contributed by atoms with van der Waals surface area (Å²) in [7, 11) is 0. The third kappa shape index (κ3) is 1.32. The SMILES string of the molecule is NC(c1cccs1)C1C2CCCCC21. The summed E-state index contributed by atoms with van der Waals surface area (Å²) in [6, 6.07) is 4.65. The molecule has 0 bridgehead atoms. The molecule has 3 atom stereocenters. The Labute approximate surface area is 89.3 Å². The normalized spacial score (nSPS) is 37.6. The molecule has 0 amide bonds. The van der Waals surface area contributed by atoms with Crippen LogP contribution >= 0.6 is 11.3 Å². The number of thiophene rings is 1. The maximum Gasteiger partial charge on any atom is 0.0423 e. The highest BCUT2D eigenvalue weighted by atomic mass is 32.1. The summed E-state index contributed by atoms with van der Waals surface area (Å²) < 4.78 is 0. The molecule has 0 aliphatic heterocycles. The summed E-state index contributed by atoms with van der Waals surface area (Å²) in [4.78, 5) is 1.39. The van der Waals surface area contributed by atoms with Gasteiger partial charge in [-0.15, -0.1) is 11.3 Å². The van der Waals surface area contributed by atoms with Crippen LogP contribution in [-0.2, 0) is 0 Å². The fraction of sp³-hybridized carbons (Fsp3) is 0.667. The quantitative estimate of drug-likeness (QED) is 0.792. The van der Waals surface area contributed by atoms with E-state index in [0.717, 1.165) is 17.8 Å². The summed E-state index contributed by atoms with van der Waals surface area (Å²) in [6.45, 7) is 0.